The fraction of sp³-hybridized carbons (Fsp3) is 0.333. The molecule has 134 valence electrons. The fourth-order valence-corrected chi connectivity index (χ4v) is 2.45. The summed E-state index contributed by atoms with van der Waals surface area (Å²) >= 11 is 0. The standard InChI is InChI=1S/C18H24N4O3/c1-22(2)15(14-7-5-6-8-16(14)24-3)12-20-18(23)21-13-9-10-17(25-4)19-11-13/h5-11,15H,12H2,1-4H3,(H2,20,21,23). The van der Waals surface area contributed by atoms with Crippen molar-refractivity contribution in [1.29, 1.82) is 0 Å². The zero-order valence-corrected chi connectivity index (χ0v) is 14.9. The third kappa shape index (κ3) is 5.09. The molecule has 25 heavy (non-hydrogen) atoms. The molecule has 1 aromatic carbocycles. The number of pyridine rings is 1. The molecule has 2 aromatic rings. The maximum atomic E-state index is 12.1. The second-order valence-electron chi connectivity index (χ2n) is 5.65. The minimum absolute atomic E-state index is 0.0177. The van der Waals surface area contributed by atoms with Crippen LogP contribution in [-0.4, -0.2) is 50.8 Å². The number of rotatable bonds is 7. The lowest BCUT2D eigenvalue weighted by Crippen LogP contribution is -2.37. The Morgan fingerprint density at radius 2 is 1.92 bits per heavy atom. The van der Waals surface area contributed by atoms with Gasteiger partial charge in [0.25, 0.3) is 0 Å². The molecule has 1 heterocycles. The van der Waals surface area contributed by atoms with Crippen LogP contribution in [0.2, 0.25) is 0 Å². The van der Waals surface area contributed by atoms with Crippen molar-refractivity contribution >= 4 is 11.7 Å². The number of nitrogens with zero attached hydrogens (tertiary/aromatic N) is 2. The molecule has 1 aromatic heterocycles. The lowest BCUT2D eigenvalue weighted by atomic mass is 10.0. The van der Waals surface area contributed by atoms with Gasteiger partial charge in [0.2, 0.25) is 5.88 Å². The van der Waals surface area contributed by atoms with Gasteiger partial charge in [-0.2, -0.15) is 0 Å². The maximum Gasteiger partial charge on any atom is 0.319 e. The lowest BCUT2D eigenvalue weighted by molar-refractivity contribution is 0.242. The van der Waals surface area contributed by atoms with Crippen LogP contribution in [0.1, 0.15) is 11.6 Å². The number of amides is 2. The molecular formula is C18H24N4O3. The Labute approximate surface area is 148 Å². The first-order chi connectivity index (χ1) is 12.0. The van der Waals surface area contributed by atoms with E-state index in [2.05, 4.69) is 15.6 Å². The van der Waals surface area contributed by atoms with Crippen LogP contribution in [0.15, 0.2) is 42.6 Å². The molecule has 0 aliphatic heterocycles. The van der Waals surface area contributed by atoms with Crippen LogP contribution >= 0.6 is 0 Å². The van der Waals surface area contributed by atoms with Crippen molar-refractivity contribution in [2.75, 3.05) is 40.2 Å². The van der Waals surface area contributed by atoms with Gasteiger partial charge in [0.05, 0.1) is 32.1 Å². The number of aromatic nitrogens is 1. The topological polar surface area (TPSA) is 75.7 Å². The number of urea groups is 1. The Hall–Kier alpha value is -2.80. The number of para-hydroxylation sites is 1. The van der Waals surface area contributed by atoms with E-state index in [0.717, 1.165) is 11.3 Å². The number of carbonyl (C=O) groups excluding carboxylic acids is 1. The number of likely N-dealkylation sites (N-methyl/N-ethyl adjacent to an activating group) is 1. The summed E-state index contributed by atoms with van der Waals surface area (Å²) < 4.78 is 10.4. The van der Waals surface area contributed by atoms with Crippen molar-refractivity contribution in [3.63, 3.8) is 0 Å². The third-order valence-corrected chi connectivity index (χ3v) is 3.78. The summed E-state index contributed by atoms with van der Waals surface area (Å²) in [7, 11) is 7.11. The highest BCUT2D eigenvalue weighted by atomic mass is 16.5. The Balaban J connectivity index is 1.99. The Kier molecular flexibility index (Phi) is 6.59. The van der Waals surface area contributed by atoms with Gasteiger partial charge in [0.1, 0.15) is 5.75 Å². The van der Waals surface area contributed by atoms with Crippen molar-refractivity contribution in [3.8, 4) is 11.6 Å². The molecule has 7 nitrogen and oxygen atoms in total. The average molecular weight is 344 g/mol. The first kappa shape index (κ1) is 18.5. The van der Waals surface area contributed by atoms with Crippen LogP contribution < -0.4 is 20.1 Å². The van der Waals surface area contributed by atoms with Crippen molar-refractivity contribution in [3.05, 3.63) is 48.2 Å². The molecular weight excluding hydrogens is 320 g/mol. The first-order valence-corrected chi connectivity index (χ1v) is 7.89. The molecule has 0 fully saturated rings. The van der Waals surface area contributed by atoms with Crippen molar-refractivity contribution in [1.82, 2.24) is 15.2 Å². The van der Waals surface area contributed by atoms with Gasteiger partial charge in [-0.1, -0.05) is 18.2 Å². The van der Waals surface area contributed by atoms with Gasteiger partial charge in [-0.3, -0.25) is 0 Å². The molecule has 0 aliphatic carbocycles. The molecule has 0 saturated carbocycles. The van der Waals surface area contributed by atoms with Crippen LogP contribution in [0.3, 0.4) is 0 Å². The monoisotopic (exact) mass is 344 g/mol. The predicted octanol–water partition coefficient (Wildman–Crippen LogP) is 2.52. The fourth-order valence-electron chi connectivity index (χ4n) is 2.45. The third-order valence-electron chi connectivity index (χ3n) is 3.78. The maximum absolute atomic E-state index is 12.1. The number of carbonyl (C=O) groups is 1. The number of ether oxygens (including phenoxy) is 2. The number of hydrogen-bond acceptors (Lipinski definition) is 5. The van der Waals surface area contributed by atoms with Gasteiger partial charge in [-0.05, 0) is 26.2 Å². The molecule has 0 aliphatic rings. The number of anilines is 1. The van der Waals surface area contributed by atoms with Crippen molar-refractivity contribution in [2.45, 2.75) is 6.04 Å². The van der Waals surface area contributed by atoms with E-state index in [1.54, 1.807) is 32.5 Å². The first-order valence-electron chi connectivity index (χ1n) is 7.89. The molecule has 7 heteroatoms. The molecule has 0 bridgehead atoms. The normalized spacial score (nSPS) is 11.7. The number of methoxy groups -OCH3 is 2. The quantitative estimate of drug-likeness (QED) is 0.807. The number of nitrogens with one attached hydrogen (secondary N) is 2. The SMILES string of the molecule is COc1ccc(NC(=O)NCC(c2ccccc2OC)N(C)C)cn1. The molecule has 0 spiro atoms. The Morgan fingerprint density at radius 3 is 2.52 bits per heavy atom. The largest absolute Gasteiger partial charge is 0.496 e. The van der Waals surface area contributed by atoms with E-state index in [-0.39, 0.29) is 12.1 Å². The van der Waals surface area contributed by atoms with Gasteiger partial charge >= 0.3 is 6.03 Å². The molecule has 1 unspecified atom stereocenters. The average Bonchev–Trinajstić information content (AvgIpc) is 2.62. The van der Waals surface area contributed by atoms with E-state index in [1.807, 2.05) is 43.3 Å². The zero-order chi connectivity index (χ0) is 18.2. The van der Waals surface area contributed by atoms with Gasteiger partial charge < -0.3 is 25.0 Å². The minimum atomic E-state index is -0.297. The summed E-state index contributed by atoms with van der Waals surface area (Å²) in [5.41, 5.74) is 1.61. The zero-order valence-electron chi connectivity index (χ0n) is 14.9. The van der Waals surface area contributed by atoms with E-state index in [1.165, 1.54) is 0 Å². The lowest BCUT2D eigenvalue weighted by Gasteiger charge is -2.26. The van der Waals surface area contributed by atoms with Crippen molar-refractivity contribution < 1.29 is 14.3 Å². The second kappa shape index (κ2) is 8.89. The van der Waals surface area contributed by atoms with E-state index < -0.39 is 0 Å². The molecule has 0 radical (unpaired) electrons. The summed E-state index contributed by atoms with van der Waals surface area (Å²) in [6, 6.07) is 10.9. The molecule has 2 rings (SSSR count). The molecule has 0 saturated heterocycles. The van der Waals surface area contributed by atoms with Gasteiger partial charge in [-0.15, -0.1) is 0 Å². The van der Waals surface area contributed by atoms with E-state index in [9.17, 15) is 4.79 Å². The van der Waals surface area contributed by atoms with Crippen LogP contribution in [0.25, 0.3) is 0 Å². The summed E-state index contributed by atoms with van der Waals surface area (Å²) in [4.78, 5) is 18.2. The van der Waals surface area contributed by atoms with Gasteiger partial charge in [0.15, 0.2) is 0 Å². The van der Waals surface area contributed by atoms with Crippen LogP contribution in [0, 0.1) is 0 Å². The van der Waals surface area contributed by atoms with E-state index >= 15 is 0 Å². The van der Waals surface area contributed by atoms with Crippen LogP contribution in [-0.2, 0) is 0 Å². The minimum Gasteiger partial charge on any atom is -0.496 e. The highest BCUT2D eigenvalue weighted by Gasteiger charge is 2.19. The number of benzene rings is 1. The molecule has 2 N–H and O–H groups in total. The summed E-state index contributed by atoms with van der Waals surface area (Å²) in [6.07, 6.45) is 1.54. The summed E-state index contributed by atoms with van der Waals surface area (Å²) in [5, 5.41) is 5.63. The van der Waals surface area contributed by atoms with Gasteiger partial charge in [-0.25, -0.2) is 9.78 Å². The highest BCUT2D eigenvalue weighted by molar-refractivity contribution is 5.89. The summed E-state index contributed by atoms with van der Waals surface area (Å²) in [6.45, 7) is 0.433. The second-order valence-corrected chi connectivity index (χ2v) is 5.65. The smallest absolute Gasteiger partial charge is 0.319 e. The highest BCUT2D eigenvalue weighted by Crippen LogP contribution is 2.27. The van der Waals surface area contributed by atoms with Crippen LogP contribution in [0.5, 0.6) is 11.6 Å². The molecule has 1 atom stereocenters. The molecule has 2 amide bonds. The van der Waals surface area contributed by atoms with Crippen molar-refractivity contribution in [2.24, 2.45) is 0 Å². The summed E-state index contributed by atoms with van der Waals surface area (Å²) in [5.74, 6) is 1.29. The van der Waals surface area contributed by atoms with Gasteiger partial charge in [0, 0.05) is 18.2 Å². The van der Waals surface area contributed by atoms with E-state index in [4.69, 9.17) is 9.47 Å². The number of hydrogen-bond donors (Lipinski definition) is 2. The Bertz CT molecular complexity index is 689. The predicted molar refractivity (Wildman–Crippen MR) is 97.2 cm³/mol. The van der Waals surface area contributed by atoms with E-state index in [0.29, 0.717) is 18.1 Å². The Morgan fingerprint density at radius 1 is 1.16 bits per heavy atom. The van der Waals surface area contributed by atoms with Crippen LogP contribution in [0.4, 0.5) is 10.5 Å².